The first kappa shape index (κ1) is 16.8. The van der Waals surface area contributed by atoms with E-state index < -0.39 is 40.5 Å². The Morgan fingerprint density at radius 1 is 0.826 bits per heavy atom. The second-order valence-electron chi connectivity index (χ2n) is 4.61. The van der Waals surface area contributed by atoms with Crippen LogP contribution in [-0.2, 0) is 0 Å². The van der Waals surface area contributed by atoms with Crippen molar-refractivity contribution in [3.05, 3.63) is 69.8 Å². The lowest BCUT2D eigenvalue weighted by Gasteiger charge is -2.05. The first-order chi connectivity index (χ1) is 10.7. The largest absolute Gasteiger partial charge is 0.295 e. The minimum atomic E-state index is -2.28. The number of hydrogen-bond donors (Lipinski definition) is 0. The molecule has 0 atom stereocenters. The fraction of sp³-hybridized carbons (Fsp3) is 0.0625. The predicted octanol–water partition coefficient (Wildman–Crippen LogP) is 4.89. The quantitative estimate of drug-likeness (QED) is 0.257. The zero-order chi connectivity index (χ0) is 17.3. The lowest BCUT2D eigenvalue weighted by Crippen LogP contribution is -2.03. The van der Waals surface area contributed by atoms with Gasteiger partial charge in [-0.25, -0.2) is 26.3 Å². The van der Waals surface area contributed by atoms with Gasteiger partial charge in [0.25, 0.3) is 0 Å². The third-order valence-electron chi connectivity index (χ3n) is 3.08. The summed E-state index contributed by atoms with van der Waals surface area (Å²) in [5.41, 5.74) is -1.31. The highest BCUT2D eigenvalue weighted by atomic mass is 19.2. The van der Waals surface area contributed by atoms with Crippen LogP contribution in [0.3, 0.4) is 0 Å². The van der Waals surface area contributed by atoms with E-state index in [9.17, 15) is 31.1 Å². The van der Waals surface area contributed by atoms with Gasteiger partial charge in [-0.2, -0.15) is 0 Å². The standard InChI is InChI=1S/C16H8F6O/c1-7(23)8-3-5-11(17)9(6-8)2-4-10-12(18)14(20)16(22)15(21)13(10)19/h2-6H,1H3/b4-2+. The van der Waals surface area contributed by atoms with Crippen LogP contribution in [0.1, 0.15) is 28.4 Å². The zero-order valence-electron chi connectivity index (χ0n) is 11.6. The summed E-state index contributed by atoms with van der Waals surface area (Å²) in [6.07, 6.45) is 1.37. The Labute approximate surface area is 126 Å². The molecule has 1 nitrogen and oxygen atoms in total. The Balaban J connectivity index is 2.54. The highest BCUT2D eigenvalue weighted by molar-refractivity contribution is 5.94. The van der Waals surface area contributed by atoms with Gasteiger partial charge in [0.1, 0.15) is 5.82 Å². The number of Topliss-reactive ketones (excluding diaryl/α,β-unsaturated/α-hetero) is 1. The molecule has 120 valence electrons. The van der Waals surface area contributed by atoms with Gasteiger partial charge in [0, 0.05) is 11.1 Å². The monoisotopic (exact) mass is 330 g/mol. The molecule has 0 aliphatic rings. The zero-order valence-corrected chi connectivity index (χ0v) is 11.6. The van der Waals surface area contributed by atoms with E-state index in [-0.39, 0.29) is 16.9 Å². The SMILES string of the molecule is CC(=O)c1ccc(F)c(/C=C/c2c(F)c(F)c(F)c(F)c2F)c1. The van der Waals surface area contributed by atoms with Gasteiger partial charge in [-0.05, 0) is 31.2 Å². The molecular formula is C16H8F6O. The smallest absolute Gasteiger partial charge is 0.200 e. The second kappa shape index (κ2) is 6.28. The molecule has 7 heteroatoms. The Kier molecular flexibility index (Phi) is 4.58. The van der Waals surface area contributed by atoms with Crippen molar-refractivity contribution in [1.82, 2.24) is 0 Å². The van der Waals surface area contributed by atoms with Crippen LogP contribution in [0.25, 0.3) is 12.2 Å². The first-order valence-electron chi connectivity index (χ1n) is 6.24. The van der Waals surface area contributed by atoms with Crippen LogP contribution in [-0.4, -0.2) is 5.78 Å². The molecule has 0 N–H and O–H groups in total. The number of hydrogen-bond acceptors (Lipinski definition) is 1. The molecule has 2 aromatic rings. The normalized spacial score (nSPS) is 11.3. The molecule has 0 radical (unpaired) electrons. The van der Waals surface area contributed by atoms with Crippen LogP contribution in [0.4, 0.5) is 26.3 Å². The summed E-state index contributed by atoms with van der Waals surface area (Å²) in [6, 6.07) is 3.25. The van der Waals surface area contributed by atoms with E-state index in [0.717, 1.165) is 18.2 Å². The minimum Gasteiger partial charge on any atom is -0.295 e. The van der Waals surface area contributed by atoms with Gasteiger partial charge in [0.2, 0.25) is 5.82 Å². The number of benzene rings is 2. The molecule has 0 aromatic heterocycles. The lowest BCUT2D eigenvalue weighted by molar-refractivity contribution is 0.101. The molecular weight excluding hydrogens is 322 g/mol. The summed E-state index contributed by atoms with van der Waals surface area (Å²) in [7, 11) is 0. The number of halogens is 6. The van der Waals surface area contributed by atoms with Crippen LogP contribution in [0.5, 0.6) is 0 Å². The van der Waals surface area contributed by atoms with E-state index in [1.807, 2.05) is 0 Å². The summed E-state index contributed by atoms with van der Waals surface area (Å²) in [6.45, 7) is 1.23. The summed E-state index contributed by atoms with van der Waals surface area (Å²) < 4.78 is 79.6. The first-order valence-corrected chi connectivity index (χ1v) is 6.24. The summed E-state index contributed by atoms with van der Waals surface area (Å²) in [5.74, 6) is -11.7. The van der Waals surface area contributed by atoms with Gasteiger partial charge >= 0.3 is 0 Å². The summed E-state index contributed by atoms with van der Waals surface area (Å²) in [5, 5.41) is 0. The van der Waals surface area contributed by atoms with Crippen LogP contribution in [0, 0.1) is 34.9 Å². The maximum absolute atomic E-state index is 13.6. The average Bonchev–Trinajstić information content (AvgIpc) is 2.52. The second-order valence-corrected chi connectivity index (χ2v) is 4.61. The Hall–Kier alpha value is -2.57. The number of ketones is 1. The van der Waals surface area contributed by atoms with Crippen molar-refractivity contribution in [3.8, 4) is 0 Å². The van der Waals surface area contributed by atoms with E-state index in [1.54, 1.807) is 0 Å². The minimum absolute atomic E-state index is 0.128. The van der Waals surface area contributed by atoms with Gasteiger partial charge in [-0.1, -0.05) is 6.08 Å². The molecule has 0 aliphatic carbocycles. The van der Waals surface area contributed by atoms with E-state index in [2.05, 4.69) is 0 Å². The molecule has 2 rings (SSSR count). The van der Waals surface area contributed by atoms with Gasteiger partial charge in [0.15, 0.2) is 29.1 Å². The highest BCUT2D eigenvalue weighted by Crippen LogP contribution is 2.25. The van der Waals surface area contributed by atoms with Crippen molar-refractivity contribution < 1.29 is 31.1 Å². The van der Waals surface area contributed by atoms with Gasteiger partial charge < -0.3 is 0 Å². The third-order valence-corrected chi connectivity index (χ3v) is 3.08. The fourth-order valence-corrected chi connectivity index (χ4v) is 1.83. The maximum atomic E-state index is 13.6. The van der Waals surface area contributed by atoms with Crippen LogP contribution in [0.15, 0.2) is 18.2 Å². The molecule has 0 amide bonds. The summed E-state index contributed by atoms with van der Waals surface area (Å²) in [4.78, 5) is 11.2. The van der Waals surface area contributed by atoms with Crippen molar-refractivity contribution >= 4 is 17.9 Å². The topological polar surface area (TPSA) is 17.1 Å². The number of rotatable bonds is 3. The van der Waals surface area contributed by atoms with Gasteiger partial charge in [-0.15, -0.1) is 0 Å². The average molecular weight is 330 g/mol. The van der Waals surface area contributed by atoms with Gasteiger partial charge in [0.05, 0.1) is 5.56 Å². The van der Waals surface area contributed by atoms with Crippen molar-refractivity contribution in [2.75, 3.05) is 0 Å². The van der Waals surface area contributed by atoms with Crippen LogP contribution in [0.2, 0.25) is 0 Å². The van der Waals surface area contributed by atoms with E-state index >= 15 is 0 Å². The molecule has 0 spiro atoms. The molecule has 23 heavy (non-hydrogen) atoms. The van der Waals surface area contributed by atoms with E-state index in [1.165, 1.54) is 13.0 Å². The number of carbonyl (C=O) groups is 1. The molecule has 0 heterocycles. The van der Waals surface area contributed by atoms with Crippen molar-refractivity contribution in [1.29, 1.82) is 0 Å². The van der Waals surface area contributed by atoms with Gasteiger partial charge in [-0.3, -0.25) is 4.79 Å². The third kappa shape index (κ3) is 3.13. The Morgan fingerprint density at radius 3 is 1.87 bits per heavy atom. The van der Waals surface area contributed by atoms with E-state index in [4.69, 9.17) is 0 Å². The van der Waals surface area contributed by atoms with Crippen LogP contribution >= 0.6 is 0 Å². The summed E-state index contributed by atoms with van der Waals surface area (Å²) >= 11 is 0. The van der Waals surface area contributed by atoms with E-state index in [0.29, 0.717) is 6.08 Å². The molecule has 0 saturated heterocycles. The van der Waals surface area contributed by atoms with Crippen molar-refractivity contribution in [2.24, 2.45) is 0 Å². The molecule has 0 bridgehead atoms. The molecule has 0 saturated carbocycles. The molecule has 2 aromatic carbocycles. The molecule has 0 aliphatic heterocycles. The van der Waals surface area contributed by atoms with Crippen molar-refractivity contribution in [2.45, 2.75) is 6.92 Å². The Bertz CT molecular complexity index is 797. The molecule has 0 fully saturated rings. The fourth-order valence-electron chi connectivity index (χ4n) is 1.83. The predicted molar refractivity (Wildman–Crippen MR) is 71.6 cm³/mol. The lowest BCUT2D eigenvalue weighted by atomic mass is 10.1. The van der Waals surface area contributed by atoms with Crippen LogP contribution < -0.4 is 0 Å². The molecule has 0 unspecified atom stereocenters. The maximum Gasteiger partial charge on any atom is 0.200 e. The number of carbonyl (C=O) groups excluding carboxylic acids is 1. The Morgan fingerprint density at radius 2 is 1.35 bits per heavy atom. The highest BCUT2D eigenvalue weighted by Gasteiger charge is 2.24. The van der Waals surface area contributed by atoms with Crippen molar-refractivity contribution in [3.63, 3.8) is 0 Å².